The van der Waals surface area contributed by atoms with Crippen molar-refractivity contribution in [2.24, 2.45) is 0 Å². The summed E-state index contributed by atoms with van der Waals surface area (Å²) in [4.78, 5) is 7.14. The number of para-hydroxylation sites is 1. The molecule has 0 saturated heterocycles. The molecule has 3 heteroatoms. The number of aromatic nitrogens is 2. The second-order valence-corrected chi connectivity index (χ2v) is 2.67. The summed E-state index contributed by atoms with van der Waals surface area (Å²) in [6.07, 6.45) is 0.800. The van der Waals surface area contributed by atoms with Gasteiger partial charge in [0.1, 0.15) is 11.3 Å². The highest BCUT2D eigenvalue weighted by molar-refractivity contribution is 5.75. The Bertz CT molecular complexity index is 406. The average Bonchev–Trinajstić information content (AvgIpc) is 2.49. The summed E-state index contributed by atoms with van der Waals surface area (Å²) in [7, 11) is 0. The second kappa shape index (κ2) is 2.59. The fraction of sp³-hybridized carbons (Fsp3) is 0.222. The fourth-order valence-corrected chi connectivity index (χ4v) is 1.22. The summed E-state index contributed by atoms with van der Waals surface area (Å²) in [5.41, 5.74) is 1.21. The first-order valence-corrected chi connectivity index (χ1v) is 3.94. The van der Waals surface area contributed by atoms with Gasteiger partial charge in [0.2, 0.25) is 0 Å². The third-order valence-corrected chi connectivity index (χ3v) is 1.85. The summed E-state index contributed by atoms with van der Waals surface area (Å²) in [6.45, 7) is 1.98. The van der Waals surface area contributed by atoms with Crippen LogP contribution in [0.1, 0.15) is 12.7 Å². The van der Waals surface area contributed by atoms with Crippen molar-refractivity contribution in [1.29, 1.82) is 0 Å². The van der Waals surface area contributed by atoms with Crippen molar-refractivity contribution in [3.8, 4) is 0 Å². The van der Waals surface area contributed by atoms with E-state index in [1.165, 1.54) is 6.07 Å². The lowest BCUT2D eigenvalue weighted by Crippen LogP contribution is -1.80. The minimum absolute atomic E-state index is 0.261. The van der Waals surface area contributed by atoms with Crippen molar-refractivity contribution in [2.45, 2.75) is 13.3 Å². The number of hydrogen-bond donors (Lipinski definition) is 1. The smallest absolute Gasteiger partial charge is 0.151 e. The molecule has 0 bridgehead atoms. The van der Waals surface area contributed by atoms with Crippen molar-refractivity contribution in [3.05, 3.63) is 29.8 Å². The number of imidazole rings is 1. The monoisotopic (exact) mass is 164 g/mol. The second-order valence-electron chi connectivity index (χ2n) is 2.67. The van der Waals surface area contributed by atoms with Gasteiger partial charge in [0, 0.05) is 6.42 Å². The van der Waals surface area contributed by atoms with E-state index in [0.29, 0.717) is 5.52 Å². The van der Waals surface area contributed by atoms with E-state index in [2.05, 4.69) is 9.97 Å². The highest BCUT2D eigenvalue weighted by atomic mass is 19.1. The quantitative estimate of drug-likeness (QED) is 0.688. The zero-order valence-electron chi connectivity index (χ0n) is 6.76. The summed E-state index contributed by atoms with van der Waals surface area (Å²) in [6, 6.07) is 4.92. The van der Waals surface area contributed by atoms with E-state index >= 15 is 0 Å². The molecule has 0 saturated carbocycles. The highest BCUT2D eigenvalue weighted by Gasteiger charge is 2.04. The highest BCUT2D eigenvalue weighted by Crippen LogP contribution is 2.14. The van der Waals surface area contributed by atoms with Crippen LogP contribution in [0.25, 0.3) is 11.0 Å². The molecule has 62 valence electrons. The van der Waals surface area contributed by atoms with Crippen LogP contribution in [0, 0.1) is 5.82 Å². The van der Waals surface area contributed by atoms with Crippen LogP contribution in [-0.4, -0.2) is 9.97 Å². The largest absolute Gasteiger partial charge is 0.342 e. The van der Waals surface area contributed by atoms with Gasteiger partial charge in [0.05, 0.1) is 5.52 Å². The molecule has 0 fully saturated rings. The van der Waals surface area contributed by atoms with Crippen molar-refractivity contribution in [1.82, 2.24) is 9.97 Å². The van der Waals surface area contributed by atoms with Gasteiger partial charge in [-0.25, -0.2) is 9.37 Å². The maximum absolute atomic E-state index is 13.1. The van der Waals surface area contributed by atoms with Crippen LogP contribution < -0.4 is 0 Å². The predicted molar refractivity (Wildman–Crippen MR) is 45.4 cm³/mol. The number of fused-ring (bicyclic) bond motifs is 1. The van der Waals surface area contributed by atoms with Gasteiger partial charge < -0.3 is 4.98 Å². The van der Waals surface area contributed by atoms with Gasteiger partial charge in [-0.3, -0.25) is 0 Å². The number of halogens is 1. The van der Waals surface area contributed by atoms with Crippen LogP contribution in [0.2, 0.25) is 0 Å². The first-order chi connectivity index (χ1) is 5.81. The number of aromatic amines is 1. The standard InChI is InChI=1S/C9H9FN2/c1-2-8-11-7-5-3-4-6(10)9(7)12-8/h3-5H,2H2,1H3,(H,11,12). The van der Waals surface area contributed by atoms with E-state index in [0.717, 1.165) is 17.8 Å². The minimum atomic E-state index is -0.261. The van der Waals surface area contributed by atoms with Gasteiger partial charge in [0.25, 0.3) is 0 Å². The lowest BCUT2D eigenvalue weighted by Gasteiger charge is -1.86. The maximum Gasteiger partial charge on any atom is 0.151 e. The van der Waals surface area contributed by atoms with Crippen LogP contribution in [-0.2, 0) is 6.42 Å². The summed E-state index contributed by atoms with van der Waals surface area (Å²) < 4.78 is 13.1. The molecule has 1 aromatic carbocycles. The number of H-pyrrole nitrogens is 1. The molecule has 0 radical (unpaired) electrons. The topological polar surface area (TPSA) is 28.7 Å². The Balaban J connectivity index is 2.74. The van der Waals surface area contributed by atoms with Crippen molar-refractivity contribution in [2.75, 3.05) is 0 Å². The zero-order valence-corrected chi connectivity index (χ0v) is 6.76. The van der Waals surface area contributed by atoms with Gasteiger partial charge in [0.15, 0.2) is 5.82 Å². The number of rotatable bonds is 1. The molecule has 1 N–H and O–H groups in total. The Morgan fingerprint density at radius 1 is 1.50 bits per heavy atom. The molecule has 0 spiro atoms. The Kier molecular flexibility index (Phi) is 1.57. The Morgan fingerprint density at radius 2 is 2.33 bits per heavy atom. The normalized spacial score (nSPS) is 10.8. The molecule has 2 rings (SSSR count). The van der Waals surface area contributed by atoms with Crippen molar-refractivity contribution < 1.29 is 4.39 Å². The van der Waals surface area contributed by atoms with Crippen LogP contribution in [0.3, 0.4) is 0 Å². The molecule has 0 unspecified atom stereocenters. The van der Waals surface area contributed by atoms with E-state index in [4.69, 9.17) is 0 Å². The summed E-state index contributed by atoms with van der Waals surface area (Å²) in [5.74, 6) is 0.568. The number of nitrogens with zero attached hydrogens (tertiary/aromatic N) is 1. The van der Waals surface area contributed by atoms with Crippen molar-refractivity contribution in [3.63, 3.8) is 0 Å². The van der Waals surface area contributed by atoms with Gasteiger partial charge in [-0.15, -0.1) is 0 Å². The first kappa shape index (κ1) is 7.28. The SMILES string of the molecule is CCc1nc2c(F)cccc2[nH]1. The molecule has 0 atom stereocenters. The Labute approximate surface area is 69.4 Å². The zero-order chi connectivity index (χ0) is 8.55. The predicted octanol–water partition coefficient (Wildman–Crippen LogP) is 2.26. The molecular formula is C9H9FN2. The molecule has 2 aromatic rings. The molecule has 1 aromatic heterocycles. The van der Waals surface area contributed by atoms with E-state index in [9.17, 15) is 4.39 Å². The third kappa shape index (κ3) is 0.978. The molecule has 2 nitrogen and oxygen atoms in total. The molecule has 1 heterocycles. The molecular weight excluding hydrogens is 155 g/mol. The average molecular weight is 164 g/mol. The van der Waals surface area contributed by atoms with Crippen LogP contribution in [0.15, 0.2) is 18.2 Å². The molecule has 12 heavy (non-hydrogen) atoms. The maximum atomic E-state index is 13.1. The Morgan fingerprint density at radius 3 is 3.00 bits per heavy atom. The van der Waals surface area contributed by atoms with Gasteiger partial charge in [-0.1, -0.05) is 13.0 Å². The molecule has 0 aliphatic heterocycles. The van der Waals surface area contributed by atoms with E-state index < -0.39 is 0 Å². The van der Waals surface area contributed by atoms with Gasteiger partial charge >= 0.3 is 0 Å². The number of aryl methyl sites for hydroxylation is 1. The lowest BCUT2D eigenvalue weighted by atomic mass is 10.3. The van der Waals surface area contributed by atoms with Crippen LogP contribution >= 0.6 is 0 Å². The lowest BCUT2D eigenvalue weighted by molar-refractivity contribution is 0.637. The molecule has 0 aliphatic carbocycles. The minimum Gasteiger partial charge on any atom is -0.342 e. The number of benzene rings is 1. The number of nitrogens with one attached hydrogen (secondary N) is 1. The van der Waals surface area contributed by atoms with Crippen LogP contribution in [0.4, 0.5) is 4.39 Å². The van der Waals surface area contributed by atoms with Gasteiger partial charge in [-0.2, -0.15) is 0 Å². The van der Waals surface area contributed by atoms with Crippen molar-refractivity contribution >= 4 is 11.0 Å². The number of hydrogen-bond acceptors (Lipinski definition) is 1. The molecule has 0 amide bonds. The third-order valence-electron chi connectivity index (χ3n) is 1.85. The fourth-order valence-electron chi connectivity index (χ4n) is 1.22. The summed E-state index contributed by atoms with van der Waals surface area (Å²) in [5, 5.41) is 0. The Hall–Kier alpha value is -1.38. The van der Waals surface area contributed by atoms with Crippen LogP contribution in [0.5, 0.6) is 0 Å². The van der Waals surface area contributed by atoms with Gasteiger partial charge in [-0.05, 0) is 12.1 Å². The van der Waals surface area contributed by atoms with E-state index in [-0.39, 0.29) is 5.82 Å². The summed E-state index contributed by atoms with van der Waals surface area (Å²) >= 11 is 0. The molecule has 0 aliphatic rings. The van der Waals surface area contributed by atoms with E-state index in [1.54, 1.807) is 6.07 Å². The van der Waals surface area contributed by atoms with E-state index in [1.807, 2.05) is 13.0 Å². The first-order valence-electron chi connectivity index (χ1n) is 3.94.